The van der Waals surface area contributed by atoms with Crippen LogP contribution in [0.2, 0.25) is 0 Å². The fourth-order valence-electron chi connectivity index (χ4n) is 3.12. The number of rotatable bonds is 8. The van der Waals surface area contributed by atoms with Crippen LogP contribution in [0, 0.1) is 0 Å². The number of alkyl halides is 2. The predicted octanol–water partition coefficient (Wildman–Crippen LogP) is 5.73. The molecule has 0 aliphatic rings. The molecule has 0 aliphatic heterocycles. The summed E-state index contributed by atoms with van der Waals surface area (Å²) in [6.07, 6.45) is 0. The highest BCUT2D eigenvalue weighted by molar-refractivity contribution is 9.10. The summed E-state index contributed by atoms with van der Waals surface area (Å²) in [7, 11) is 0. The molecule has 174 valence electrons. The van der Waals surface area contributed by atoms with Gasteiger partial charge in [0.2, 0.25) is 5.91 Å². The van der Waals surface area contributed by atoms with E-state index in [9.17, 15) is 18.7 Å². The number of amides is 1. The molecule has 3 aromatic carbocycles. The van der Waals surface area contributed by atoms with Crippen LogP contribution in [0.5, 0.6) is 11.5 Å². The van der Waals surface area contributed by atoms with Gasteiger partial charge in [-0.2, -0.15) is 8.78 Å². The number of aromatic nitrogens is 3. The summed E-state index contributed by atoms with van der Waals surface area (Å²) in [5, 5.41) is 21.9. The van der Waals surface area contributed by atoms with E-state index in [0.29, 0.717) is 16.5 Å². The minimum Gasteiger partial charge on any atom is -0.507 e. The number of phenols is 1. The lowest BCUT2D eigenvalue weighted by Crippen LogP contribution is -2.16. The van der Waals surface area contributed by atoms with E-state index < -0.39 is 12.5 Å². The Bertz CT molecular complexity index is 1300. The topological polar surface area (TPSA) is 89.3 Å². The Morgan fingerprint density at radius 2 is 1.82 bits per heavy atom. The second-order valence-electron chi connectivity index (χ2n) is 6.85. The van der Waals surface area contributed by atoms with Crippen molar-refractivity contribution in [2.24, 2.45) is 0 Å². The molecule has 0 spiro atoms. The number of nitrogens with zero attached hydrogens (tertiary/aromatic N) is 3. The van der Waals surface area contributed by atoms with Gasteiger partial charge in [-0.05, 0) is 42.5 Å². The monoisotopic (exact) mass is 546 g/mol. The maximum Gasteiger partial charge on any atom is 0.387 e. The number of benzene rings is 3. The molecular weight excluding hydrogens is 530 g/mol. The molecule has 0 aliphatic carbocycles. The van der Waals surface area contributed by atoms with Gasteiger partial charge in [0.1, 0.15) is 11.5 Å². The Morgan fingerprint density at radius 1 is 1.09 bits per heavy atom. The number of nitrogens with one attached hydrogen (secondary N) is 1. The predicted molar refractivity (Wildman–Crippen MR) is 129 cm³/mol. The van der Waals surface area contributed by atoms with Crippen molar-refractivity contribution < 1.29 is 23.4 Å². The van der Waals surface area contributed by atoms with Crippen molar-refractivity contribution in [3.63, 3.8) is 0 Å². The van der Waals surface area contributed by atoms with Crippen LogP contribution in [-0.4, -0.2) is 38.1 Å². The maximum absolute atomic E-state index is 12.6. The normalized spacial score (nSPS) is 10.9. The summed E-state index contributed by atoms with van der Waals surface area (Å²) in [6, 6.07) is 20.2. The summed E-state index contributed by atoms with van der Waals surface area (Å²) in [4.78, 5) is 12.6. The lowest BCUT2D eigenvalue weighted by atomic mass is 10.2. The van der Waals surface area contributed by atoms with Crippen molar-refractivity contribution in [3.05, 3.63) is 77.3 Å². The van der Waals surface area contributed by atoms with Gasteiger partial charge in [-0.1, -0.05) is 58.0 Å². The highest BCUT2D eigenvalue weighted by atomic mass is 79.9. The highest BCUT2D eigenvalue weighted by Crippen LogP contribution is 2.34. The van der Waals surface area contributed by atoms with Crippen molar-refractivity contribution in [1.82, 2.24) is 14.8 Å². The number of anilines is 1. The second kappa shape index (κ2) is 10.7. The maximum atomic E-state index is 12.6. The van der Waals surface area contributed by atoms with E-state index in [1.54, 1.807) is 28.8 Å². The number of hydrogen-bond donors (Lipinski definition) is 2. The van der Waals surface area contributed by atoms with Crippen LogP contribution < -0.4 is 10.1 Å². The van der Waals surface area contributed by atoms with E-state index in [1.807, 2.05) is 30.3 Å². The van der Waals surface area contributed by atoms with Crippen molar-refractivity contribution >= 4 is 39.3 Å². The largest absolute Gasteiger partial charge is 0.507 e. The van der Waals surface area contributed by atoms with Crippen LogP contribution in [0.25, 0.3) is 17.1 Å². The van der Waals surface area contributed by atoms with Gasteiger partial charge in [-0.25, -0.2) is 0 Å². The summed E-state index contributed by atoms with van der Waals surface area (Å²) in [6.45, 7) is -3.01. The van der Waals surface area contributed by atoms with E-state index in [2.05, 4.69) is 36.2 Å². The van der Waals surface area contributed by atoms with Crippen molar-refractivity contribution in [1.29, 1.82) is 0 Å². The first-order valence-corrected chi connectivity index (χ1v) is 11.7. The lowest BCUT2D eigenvalue weighted by Gasteiger charge is -2.12. The summed E-state index contributed by atoms with van der Waals surface area (Å²) >= 11 is 4.51. The zero-order chi connectivity index (χ0) is 24.1. The zero-order valence-electron chi connectivity index (χ0n) is 17.4. The van der Waals surface area contributed by atoms with Crippen molar-refractivity contribution in [3.8, 4) is 28.6 Å². The van der Waals surface area contributed by atoms with Crippen molar-refractivity contribution in [2.45, 2.75) is 11.8 Å². The third-order valence-electron chi connectivity index (χ3n) is 4.56. The standard InChI is InChI=1S/C23H17BrF2N4O3S/c24-14-10-11-18(31)16(12-14)21-28-29-23(30(21)15-6-2-1-3-7-15)34-13-20(32)27-17-8-4-5-9-19(17)33-22(25)26/h1-12,22,31H,13H2,(H,27,32). The van der Waals surface area contributed by atoms with E-state index in [-0.39, 0.29) is 22.9 Å². The number of carbonyl (C=O) groups is 1. The molecule has 0 saturated carbocycles. The fraction of sp³-hybridized carbons (Fsp3) is 0.0870. The van der Waals surface area contributed by atoms with Gasteiger partial charge in [0.15, 0.2) is 11.0 Å². The SMILES string of the molecule is O=C(CSc1nnc(-c2cc(Br)ccc2O)n1-c1ccccc1)Nc1ccccc1OC(F)F. The molecule has 0 radical (unpaired) electrons. The van der Waals surface area contributed by atoms with Crippen LogP contribution in [-0.2, 0) is 4.79 Å². The molecule has 2 N–H and O–H groups in total. The van der Waals surface area contributed by atoms with Gasteiger partial charge < -0.3 is 15.2 Å². The van der Waals surface area contributed by atoms with Gasteiger partial charge in [0, 0.05) is 10.2 Å². The Labute approximate surface area is 205 Å². The molecule has 4 aromatic rings. The molecule has 0 fully saturated rings. The minimum absolute atomic E-state index is 0.0257. The summed E-state index contributed by atoms with van der Waals surface area (Å²) < 4.78 is 32.2. The van der Waals surface area contributed by atoms with E-state index in [1.165, 1.54) is 18.2 Å². The molecule has 1 heterocycles. The molecule has 4 rings (SSSR count). The van der Waals surface area contributed by atoms with Gasteiger partial charge >= 0.3 is 6.61 Å². The van der Waals surface area contributed by atoms with Crippen LogP contribution in [0.3, 0.4) is 0 Å². The van der Waals surface area contributed by atoms with Crippen LogP contribution in [0.1, 0.15) is 0 Å². The van der Waals surface area contributed by atoms with Gasteiger partial charge in [0.25, 0.3) is 0 Å². The third kappa shape index (κ3) is 5.54. The highest BCUT2D eigenvalue weighted by Gasteiger charge is 2.20. The fourth-order valence-corrected chi connectivity index (χ4v) is 4.23. The lowest BCUT2D eigenvalue weighted by molar-refractivity contribution is -0.113. The van der Waals surface area contributed by atoms with Gasteiger partial charge in [0.05, 0.1) is 17.0 Å². The smallest absolute Gasteiger partial charge is 0.387 e. The summed E-state index contributed by atoms with van der Waals surface area (Å²) in [5.74, 6) is -0.222. The molecule has 0 saturated heterocycles. The number of phenolic OH excluding ortho intramolecular Hbond substituents is 1. The van der Waals surface area contributed by atoms with E-state index in [0.717, 1.165) is 21.9 Å². The van der Waals surface area contributed by atoms with Crippen molar-refractivity contribution in [2.75, 3.05) is 11.1 Å². The Morgan fingerprint density at radius 3 is 2.59 bits per heavy atom. The molecule has 0 unspecified atom stereocenters. The molecule has 34 heavy (non-hydrogen) atoms. The molecule has 11 heteroatoms. The molecule has 0 atom stereocenters. The first-order chi connectivity index (χ1) is 16.4. The molecule has 1 aromatic heterocycles. The average molecular weight is 547 g/mol. The number of hydrogen-bond acceptors (Lipinski definition) is 6. The number of ether oxygens (including phenoxy) is 1. The Kier molecular flexibility index (Phi) is 7.43. The second-order valence-corrected chi connectivity index (χ2v) is 8.71. The number of para-hydroxylation sites is 3. The number of thioether (sulfide) groups is 1. The van der Waals surface area contributed by atoms with Gasteiger partial charge in [-0.15, -0.1) is 10.2 Å². The summed E-state index contributed by atoms with van der Waals surface area (Å²) in [5.41, 5.74) is 1.33. The molecular formula is C23H17BrF2N4O3S. The molecule has 0 bridgehead atoms. The average Bonchev–Trinajstić information content (AvgIpc) is 3.24. The van der Waals surface area contributed by atoms with Gasteiger partial charge in [-0.3, -0.25) is 9.36 Å². The van der Waals surface area contributed by atoms with Crippen LogP contribution in [0.15, 0.2) is 82.4 Å². The van der Waals surface area contributed by atoms with Crippen LogP contribution in [0.4, 0.5) is 14.5 Å². The molecule has 7 nitrogen and oxygen atoms in total. The number of aromatic hydroxyl groups is 1. The van der Waals surface area contributed by atoms with Crippen LogP contribution >= 0.6 is 27.7 Å². The first-order valence-electron chi connectivity index (χ1n) is 9.88. The van der Waals surface area contributed by atoms with E-state index >= 15 is 0 Å². The first kappa shape index (κ1) is 23.7. The third-order valence-corrected chi connectivity index (χ3v) is 5.98. The zero-order valence-corrected chi connectivity index (χ0v) is 19.8. The number of carbonyl (C=O) groups excluding carboxylic acids is 1. The molecule has 1 amide bonds. The Hall–Kier alpha value is -3.44. The Balaban J connectivity index is 1.59. The quantitative estimate of drug-likeness (QED) is 0.274. The van der Waals surface area contributed by atoms with E-state index in [4.69, 9.17) is 0 Å². The minimum atomic E-state index is -3.01. The number of halogens is 3.